The maximum absolute atomic E-state index is 12.1. The minimum atomic E-state index is -0.343. The number of hydrogen-bond acceptors (Lipinski definition) is 2. The van der Waals surface area contributed by atoms with E-state index < -0.39 is 0 Å². The smallest absolute Gasteiger partial charge is 0.226 e. The van der Waals surface area contributed by atoms with Crippen molar-refractivity contribution in [2.45, 2.75) is 44.1 Å². The first kappa shape index (κ1) is 14.8. The molecule has 1 saturated carbocycles. The third kappa shape index (κ3) is 4.20. The average molecular weight is 346 g/mol. The Kier molecular flexibility index (Phi) is 4.87. The number of hydrogen-bond donors (Lipinski definition) is 2. The molecular formula is C14H18BrClN2O. The molecule has 0 aromatic heterocycles. The van der Waals surface area contributed by atoms with Crippen molar-refractivity contribution in [3.63, 3.8) is 0 Å². The maximum Gasteiger partial charge on any atom is 0.226 e. The van der Waals surface area contributed by atoms with E-state index in [4.69, 9.17) is 17.3 Å². The highest BCUT2D eigenvalue weighted by atomic mass is 79.9. The van der Waals surface area contributed by atoms with E-state index >= 15 is 0 Å². The van der Waals surface area contributed by atoms with Crippen LogP contribution in [0.15, 0.2) is 22.7 Å². The maximum atomic E-state index is 12.1. The first-order valence-corrected chi connectivity index (χ1v) is 7.69. The summed E-state index contributed by atoms with van der Waals surface area (Å²) in [6, 6.07) is 5.39. The van der Waals surface area contributed by atoms with Crippen molar-refractivity contribution < 1.29 is 4.79 Å². The van der Waals surface area contributed by atoms with Crippen LogP contribution in [0.1, 0.15) is 38.5 Å². The summed E-state index contributed by atoms with van der Waals surface area (Å²) in [5, 5.41) is 3.36. The lowest BCUT2D eigenvalue weighted by atomic mass is 9.80. The Morgan fingerprint density at radius 1 is 1.37 bits per heavy atom. The molecule has 0 bridgehead atoms. The van der Waals surface area contributed by atoms with Gasteiger partial charge in [0, 0.05) is 16.4 Å². The first-order chi connectivity index (χ1) is 8.98. The summed E-state index contributed by atoms with van der Waals surface area (Å²) in [5.74, 6) is -0.0615. The predicted octanol–water partition coefficient (Wildman–Crippen LogP) is 4.09. The number of nitrogens with one attached hydrogen (secondary N) is 1. The number of rotatable bonds is 3. The van der Waals surface area contributed by atoms with Crippen molar-refractivity contribution in [2.75, 3.05) is 5.32 Å². The number of nitrogens with two attached hydrogens (primary N) is 1. The van der Waals surface area contributed by atoms with E-state index in [2.05, 4.69) is 21.2 Å². The van der Waals surface area contributed by atoms with E-state index in [0.717, 1.165) is 30.2 Å². The number of halogens is 2. The minimum Gasteiger partial charge on any atom is -0.325 e. The molecular weight excluding hydrogens is 328 g/mol. The van der Waals surface area contributed by atoms with Gasteiger partial charge in [-0.25, -0.2) is 0 Å². The molecule has 0 atom stereocenters. The Hall–Kier alpha value is -0.580. The van der Waals surface area contributed by atoms with E-state index in [-0.39, 0.29) is 11.4 Å². The SMILES string of the molecule is NC1(CC(=O)Nc2ccc(Br)cc2Cl)CCCCC1. The highest BCUT2D eigenvalue weighted by Crippen LogP contribution is 2.30. The van der Waals surface area contributed by atoms with Crippen LogP contribution in [0.2, 0.25) is 5.02 Å². The summed E-state index contributed by atoms with van der Waals surface area (Å²) >= 11 is 9.41. The lowest BCUT2D eigenvalue weighted by molar-refractivity contribution is -0.117. The van der Waals surface area contributed by atoms with Crippen LogP contribution in [0.25, 0.3) is 0 Å². The summed E-state index contributed by atoms with van der Waals surface area (Å²) in [5.41, 5.74) is 6.56. The van der Waals surface area contributed by atoms with Crippen molar-refractivity contribution in [2.24, 2.45) is 5.73 Å². The molecule has 5 heteroatoms. The molecule has 1 aliphatic carbocycles. The van der Waals surface area contributed by atoms with Crippen LogP contribution < -0.4 is 11.1 Å². The fraction of sp³-hybridized carbons (Fsp3) is 0.500. The fourth-order valence-electron chi connectivity index (χ4n) is 2.54. The Balaban J connectivity index is 1.97. The standard InChI is InChI=1S/C14H18BrClN2O/c15-10-4-5-12(11(16)8-10)18-13(19)9-14(17)6-2-1-3-7-14/h4-5,8H,1-3,6-7,9,17H2,(H,18,19). The van der Waals surface area contributed by atoms with Crippen LogP contribution in [-0.2, 0) is 4.79 Å². The van der Waals surface area contributed by atoms with Crippen molar-refractivity contribution in [1.82, 2.24) is 0 Å². The molecule has 0 heterocycles. The van der Waals surface area contributed by atoms with Crippen molar-refractivity contribution >= 4 is 39.1 Å². The second-order valence-corrected chi connectivity index (χ2v) is 6.60. The van der Waals surface area contributed by atoms with E-state index in [1.807, 2.05) is 6.07 Å². The Labute approximate surface area is 127 Å². The van der Waals surface area contributed by atoms with Crippen LogP contribution >= 0.6 is 27.5 Å². The molecule has 0 aliphatic heterocycles. The molecule has 0 spiro atoms. The molecule has 1 aliphatic rings. The predicted molar refractivity (Wildman–Crippen MR) is 82.4 cm³/mol. The van der Waals surface area contributed by atoms with Gasteiger partial charge in [-0.2, -0.15) is 0 Å². The number of anilines is 1. The molecule has 19 heavy (non-hydrogen) atoms. The van der Waals surface area contributed by atoms with E-state index in [1.54, 1.807) is 12.1 Å². The summed E-state index contributed by atoms with van der Waals surface area (Å²) in [4.78, 5) is 12.1. The lowest BCUT2D eigenvalue weighted by Crippen LogP contribution is -2.44. The zero-order valence-corrected chi connectivity index (χ0v) is 13.1. The van der Waals surface area contributed by atoms with Gasteiger partial charge in [0.15, 0.2) is 0 Å². The van der Waals surface area contributed by atoms with Gasteiger partial charge in [-0.3, -0.25) is 4.79 Å². The summed E-state index contributed by atoms with van der Waals surface area (Å²) < 4.78 is 0.887. The zero-order chi connectivity index (χ0) is 13.9. The fourth-order valence-corrected chi connectivity index (χ4v) is 3.26. The van der Waals surface area contributed by atoms with Crippen LogP contribution in [-0.4, -0.2) is 11.4 Å². The first-order valence-electron chi connectivity index (χ1n) is 6.52. The molecule has 1 aromatic rings. The van der Waals surface area contributed by atoms with Crippen LogP contribution in [0.5, 0.6) is 0 Å². The molecule has 104 valence electrons. The third-order valence-electron chi connectivity index (χ3n) is 3.57. The summed E-state index contributed by atoms with van der Waals surface area (Å²) in [6.07, 6.45) is 5.66. The van der Waals surface area contributed by atoms with E-state index in [9.17, 15) is 4.79 Å². The molecule has 0 saturated heterocycles. The Morgan fingerprint density at radius 3 is 2.68 bits per heavy atom. The Bertz CT molecular complexity index is 473. The molecule has 3 N–H and O–H groups in total. The number of amides is 1. The molecule has 0 unspecified atom stereocenters. The van der Waals surface area contributed by atoms with Gasteiger partial charge < -0.3 is 11.1 Å². The quantitative estimate of drug-likeness (QED) is 0.867. The second-order valence-electron chi connectivity index (χ2n) is 5.27. The zero-order valence-electron chi connectivity index (χ0n) is 10.7. The van der Waals surface area contributed by atoms with Crippen LogP contribution in [0.3, 0.4) is 0 Å². The Morgan fingerprint density at radius 2 is 2.05 bits per heavy atom. The minimum absolute atomic E-state index is 0.0615. The number of carbonyl (C=O) groups excluding carboxylic acids is 1. The van der Waals surface area contributed by atoms with Crippen LogP contribution in [0.4, 0.5) is 5.69 Å². The van der Waals surface area contributed by atoms with Gasteiger partial charge in [0.1, 0.15) is 0 Å². The molecule has 2 rings (SSSR count). The van der Waals surface area contributed by atoms with Gasteiger partial charge in [0.05, 0.1) is 10.7 Å². The molecule has 3 nitrogen and oxygen atoms in total. The molecule has 1 amide bonds. The van der Waals surface area contributed by atoms with E-state index in [1.165, 1.54) is 6.42 Å². The van der Waals surface area contributed by atoms with Gasteiger partial charge >= 0.3 is 0 Å². The second kappa shape index (κ2) is 6.25. The van der Waals surface area contributed by atoms with Crippen molar-refractivity contribution in [3.8, 4) is 0 Å². The van der Waals surface area contributed by atoms with Crippen molar-refractivity contribution in [3.05, 3.63) is 27.7 Å². The largest absolute Gasteiger partial charge is 0.325 e. The topological polar surface area (TPSA) is 55.1 Å². The number of benzene rings is 1. The molecule has 1 aromatic carbocycles. The number of carbonyl (C=O) groups is 1. The third-order valence-corrected chi connectivity index (χ3v) is 4.37. The molecule has 0 radical (unpaired) electrons. The van der Waals surface area contributed by atoms with Gasteiger partial charge in [-0.05, 0) is 31.0 Å². The highest BCUT2D eigenvalue weighted by molar-refractivity contribution is 9.10. The lowest BCUT2D eigenvalue weighted by Gasteiger charge is -2.32. The monoisotopic (exact) mass is 344 g/mol. The van der Waals surface area contributed by atoms with Gasteiger partial charge in [0.2, 0.25) is 5.91 Å². The summed E-state index contributed by atoms with van der Waals surface area (Å²) in [6.45, 7) is 0. The van der Waals surface area contributed by atoms with Crippen molar-refractivity contribution in [1.29, 1.82) is 0 Å². The molecule has 1 fully saturated rings. The van der Waals surface area contributed by atoms with Gasteiger partial charge in [-0.15, -0.1) is 0 Å². The average Bonchev–Trinajstić information content (AvgIpc) is 2.33. The summed E-state index contributed by atoms with van der Waals surface area (Å²) in [7, 11) is 0. The van der Waals surface area contributed by atoms with Crippen LogP contribution in [0, 0.1) is 0 Å². The highest BCUT2D eigenvalue weighted by Gasteiger charge is 2.30. The van der Waals surface area contributed by atoms with Gasteiger partial charge in [0.25, 0.3) is 0 Å². The van der Waals surface area contributed by atoms with Gasteiger partial charge in [-0.1, -0.05) is 46.8 Å². The van der Waals surface area contributed by atoms with E-state index in [0.29, 0.717) is 17.1 Å². The normalized spacial score (nSPS) is 18.1.